The molecule has 2 aromatic heterocycles. The molecule has 0 saturated carbocycles. The molecule has 2 atom stereocenters. The van der Waals surface area contributed by atoms with E-state index in [2.05, 4.69) is 41.1 Å². The standard InChI is InChI=1S/C21H27N5O/c1-21(2,25(3)4)20-24-23-19-12-9-14(13-26(19)20)27-18-11-10-17(22)15-7-5-6-8-16(15)18/h5-9,12-13,17-18H,10-11,22H2,1-4H3. The third-order valence-corrected chi connectivity index (χ3v) is 5.80. The summed E-state index contributed by atoms with van der Waals surface area (Å²) >= 11 is 0. The topological polar surface area (TPSA) is 68.7 Å². The van der Waals surface area contributed by atoms with Crippen LogP contribution in [0.1, 0.15) is 55.8 Å². The van der Waals surface area contributed by atoms with Gasteiger partial charge in [0.2, 0.25) is 0 Å². The van der Waals surface area contributed by atoms with Crippen LogP contribution < -0.4 is 10.5 Å². The number of hydrogen-bond donors (Lipinski definition) is 1. The first-order valence-electron chi connectivity index (χ1n) is 9.41. The smallest absolute Gasteiger partial charge is 0.161 e. The van der Waals surface area contributed by atoms with Gasteiger partial charge in [0.1, 0.15) is 11.9 Å². The minimum absolute atomic E-state index is 0.0141. The summed E-state index contributed by atoms with van der Waals surface area (Å²) in [6, 6.07) is 12.3. The maximum absolute atomic E-state index is 6.39. The van der Waals surface area contributed by atoms with Crippen LogP contribution in [-0.4, -0.2) is 33.6 Å². The van der Waals surface area contributed by atoms with Crippen molar-refractivity contribution in [2.24, 2.45) is 5.73 Å². The molecule has 2 N–H and O–H groups in total. The van der Waals surface area contributed by atoms with Crippen molar-refractivity contribution in [3.05, 3.63) is 59.5 Å². The van der Waals surface area contributed by atoms with Gasteiger partial charge in [0.15, 0.2) is 11.5 Å². The summed E-state index contributed by atoms with van der Waals surface area (Å²) < 4.78 is 8.41. The summed E-state index contributed by atoms with van der Waals surface area (Å²) in [6.45, 7) is 4.27. The highest BCUT2D eigenvalue weighted by atomic mass is 16.5. The Hall–Kier alpha value is -2.44. The molecule has 0 radical (unpaired) electrons. The van der Waals surface area contributed by atoms with E-state index in [4.69, 9.17) is 10.5 Å². The van der Waals surface area contributed by atoms with Crippen molar-refractivity contribution in [1.82, 2.24) is 19.5 Å². The fourth-order valence-electron chi connectivity index (χ4n) is 3.63. The van der Waals surface area contributed by atoms with Crippen molar-refractivity contribution in [1.29, 1.82) is 0 Å². The lowest BCUT2D eigenvalue weighted by Gasteiger charge is -2.31. The number of benzene rings is 1. The Morgan fingerprint density at radius 1 is 1.07 bits per heavy atom. The summed E-state index contributed by atoms with van der Waals surface area (Å²) in [7, 11) is 4.09. The first-order valence-corrected chi connectivity index (χ1v) is 9.41. The van der Waals surface area contributed by atoms with Crippen LogP contribution in [0.4, 0.5) is 0 Å². The normalized spacial score (nSPS) is 20.1. The lowest BCUT2D eigenvalue weighted by molar-refractivity contribution is 0.174. The van der Waals surface area contributed by atoms with Gasteiger partial charge >= 0.3 is 0 Å². The number of aromatic nitrogens is 3. The summed E-state index contributed by atoms with van der Waals surface area (Å²) in [5.41, 5.74) is 9.23. The highest BCUT2D eigenvalue weighted by molar-refractivity contribution is 5.43. The van der Waals surface area contributed by atoms with Gasteiger partial charge in [-0.1, -0.05) is 24.3 Å². The highest BCUT2D eigenvalue weighted by Gasteiger charge is 2.30. The van der Waals surface area contributed by atoms with Gasteiger partial charge < -0.3 is 10.5 Å². The van der Waals surface area contributed by atoms with E-state index >= 15 is 0 Å². The Bertz CT molecular complexity index is 962. The van der Waals surface area contributed by atoms with Crippen molar-refractivity contribution in [2.75, 3.05) is 14.1 Å². The summed E-state index contributed by atoms with van der Waals surface area (Å²) in [5, 5.41) is 8.74. The first kappa shape index (κ1) is 17.9. The Kier molecular flexibility index (Phi) is 4.40. The SMILES string of the molecule is CN(C)C(C)(C)c1nnc2ccc(OC3CCC(N)c4ccccc43)cn12. The second-order valence-electron chi connectivity index (χ2n) is 7.99. The third kappa shape index (κ3) is 3.09. The number of hydrogen-bond acceptors (Lipinski definition) is 5. The zero-order valence-corrected chi connectivity index (χ0v) is 16.4. The van der Waals surface area contributed by atoms with Gasteiger partial charge in [-0.15, -0.1) is 10.2 Å². The average molecular weight is 365 g/mol. The number of ether oxygens (including phenoxy) is 1. The molecule has 0 bridgehead atoms. The van der Waals surface area contributed by atoms with Crippen LogP contribution in [0.15, 0.2) is 42.6 Å². The van der Waals surface area contributed by atoms with E-state index in [-0.39, 0.29) is 17.7 Å². The average Bonchev–Trinajstić information content (AvgIpc) is 3.08. The van der Waals surface area contributed by atoms with E-state index in [0.717, 1.165) is 30.1 Å². The molecule has 4 rings (SSSR count). The predicted octanol–water partition coefficient (Wildman–Crippen LogP) is 3.44. The fraction of sp³-hybridized carbons (Fsp3) is 0.429. The van der Waals surface area contributed by atoms with Crippen LogP contribution in [0.25, 0.3) is 5.65 Å². The molecule has 0 fully saturated rings. The number of fused-ring (bicyclic) bond motifs is 2. The molecule has 1 aromatic carbocycles. The van der Waals surface area contributed by atoms with Crippen molar-refractivity contribution in [3.8, 4) is 5.75 Å². The molecular weight excluding hydrogens is 338 g/mol. The van der Waals surface area contributed by atoms with Crippen LogP contribution in [0.5, 0.6) is 5.75 Å². The molecular formula is C21H27N5O. The molecule has 2 unspecified atom stereocenters. The monoisotopic (exact) mass is 365 g/mol. The maximum Gasteiger partial charge on any atom is 0.161 e. The van der Waals surface area contributed by atoms with Gasteiger partial charge in [0.05, 0.1) is 11.7 Å². The van der Waals surface area contributed by atoms with Crippen molar-refractivity contribution in [2.45, 2.75) is 44.4 Å². The van der Waals surface area contributed by atoms with Crippen molar-refractivity contribution in [3.63, 3.8) is 0 Å². The predicted molar refractivity (Wildman–Crippen MR) is 106 cm³/mol. The summed E-state index contributed by atoms with van der Waals surface area (Å²) in [5.74, 6) is 1.70. The largest absolute Gasteiger partial charge is 0.484 e. The Balaban J connectivity index is 1.69. The maximum atomic E-state index is 6.39. The van der Waals surface area contributed by atoms with E-state index in [1.165, 1.54) is 11.1 Å². The molecule has 1 aliphatic carbocycles. The van der Waals surface area contributed by atoms with E-state index in [1.54, 1.807) is 0 Å². The van der Waals surface area contributed by atoms with Gasteiger partial charge in [-0.3, -0.25) is 9.30 Å². The third-order valence-electron chi connectivity index (χ3n) is 5.80. The lowest BCUT2D eigenvalue weighted by Crippen LogP contribution is -2.37. The number of pyridine rings is 1. The zero-order chi connectivity index (χ0) is 19.2. The van der Waals surface area contributed by atoms with Crippen LogP contribution >= 0.6 is 0 Å². The number of rotatable bonds is 4. The van der Waals surface area contributed by atoms with Crippen LogP contribution in [0, 0.1) is 0 Å². The molecule has 27 heavy (non-hydrogen) atoms. The van der Waals surface area contributed by atoms with E-state index in [1.807, 2.05) is 49.0 Å². The fourth-order valence-corrected chi connectivity index (χ4v) is 3.63. The second-order valence-corrected chi connectivity index (χ2v) is 7.99. The molecule has 1 aliphatic rings. The van der Waals surface area contributed by atoms with Gasteiger partial charge in [-0.05, 0) is 64.0 Å². The van der Waals surface area contributed by atoms with E-state index in [0.29, 0.717) is 0 Å². The summed E-state index contributed by atoms with van der Waals surface area (Å²) in [4.78, 5) is 2.13. The zero-order valence-electron chi connectivity index (χ0n) is 16.4. The molecule has 0 aliphatic heterocycles. The number of nitrogens with zero attached hydrogens (tertiary/aromatic N) is 4. The van der Waals surface area contributed by atoms with Crippen LogP contribution in [0.2, 0.25) is 0 Å². The van der Waals surface area contributed by atoms with Gasteiger partial charge in [0, 0.05) is 6.04 Å². The molecule has 2 heterocycles. The molecule has 0 spiro atoms. The lowest BCUT2D eigenvalue weighted by atomic mass is 9.86. The van der Waals surface area contributed by atoms with Gasteiger partial charge in [-0.2, -0.15) is 0 Å². The van der Waals surface area contributed by atoms with E-state index < -0.39 is 0 Å². The van der Waals surface area contributed by atoms with Crippen molar-refractivity contribution >= 4 is 5.65 Å². The van der Waals surface area contributed by atoms with Gasteiger partial charge in [-0.25, -0.2) is 0 Å². The van der Waals surface area contributed by atoms with E-state index in [9.17, 15) is 0 Å². The molecule has 0 amide bonds. The molecule has 0 saturated heterocycles. The summed E-state index contributed by atoms with van der Waals surface area (Å²) in [6.07, 6.45) is 3.84. The molecule has 6 nitrogen and oxygen atoms in total. The Morgan fingerprint density at radius 2 is 1.81 bits per heavy atom. The van der Waals surface area contributed by atoms with Crippen LogP contribution in [0.3, 0.4) is 0 Å². The minimum Gasteiger partial charge on any atom is -0.484 e. The Labute approximate surface area is 160 Å². The quantitative estimate of drug-likeness (QED) is 0.767. The second kappa shape index (κ2) is 6.62. The van der Waals surface area contributed by atoms with Crippen molar-refractivity contribution < 1.29 is 4.74 Å². The highest BCUT2D eigenvalue weighted by Crippen LogP contribution is 2.37. The Morgan fingerprint density at radius 3 is 2.56 bits per heavy atom. The molecule has 3 aromatic rings. The first-order chi connectivity index (χ1) is 12.9. The minimum atomic E-state index is -0.248. The van der Waals surface area contributed by atoms with Gasteiger partial charge in [0.25, 0.3) is 0 Å². The van der Waals surface area contributed by atoms with Crippen LogP contribution in [-0.2, 0) is 5.54 Å². The number of nitrogens with two attached hydrogens (primary N) is 1. The molecule has 142 valence electrons. The molecule has 6 heteroatoms.